The molecule has 0 heterocycles. The Kier molecular flexibility index (Phi) is 7.27. The molecule has 0 bridgehead atoms. The van der Waals surface area contributed by atoms with Crippen LogP contribution in [0.15, 0.2) is 66.7 Å². The Morgan fingerprint density at radius 1 is 1.00 bits per heavy atom. The van der Waals surface area contributed by atoms with Crippen molar-refractivity contribution in [3.63, 3.8) is 0 Å². The van der Waals surface area contributed by atoms with Gasteiger partial charge in [-0.15, -0.1) is 0 Å². The van der Waals surface area contributed by atoms with Crippen LogP contribution in [0.4, 0.5) is 0 Å². The molecule has 0 saturated heterocycles. The Bertz CT molecular complexity index is 1100. The van der Waals surface area contributed by atoms with Crippen molar-refractivity contribution in [3.05, 3.63) is 77.9 Å². The normalized spacial score (nSPS) is 11.8. The van der Waals surface area contributed by atoms with Crippen LogP contribution < -0.4 is 14.8 Å². The second-order valence-electron chi connectivity index (χ2n) is 6.91. The van der Waals surface area contributed by atoms with E-state index in [1.807, 2.05) is 49.4 Å². The van der Waals surface area contributed by atoms with Crippen LogP contribution in [0, 0.1) is 0 Å². The van der Waals surface area contributed by atoms with Gasteiger partial charge in [-0.25, -0.2) is 4.79 Å². The van der Waals surface area contributed by atoms with Crippen LogP contribution in [-0.2, 0) is 14.3 Å². The quantitative estimate of drug-likeness (QED) is 0.436. The summed E-state index contributed by atoms with van der Waals surface area (Å²) in [5.41, 5.74) is 1.69. The molecule has 0 aliphatic heterocycles. The van der Waals surface area contributed by atoms with Crippen molar-refractivity contribution in [1.82, 2.24) is 5.32 Å². The molecule has 0 aliphatic carbocycles. The first-order valence-electron chi connectivity index (χ1n) is 9.85. The second-order valence-corrected chi connectivity index (χ2v) is 6.91. The molecule has 0 fully saturated rings. The average Bonchev–Trinajstić information content (AvgIpc) is 2.80. The van der Waals surface area contributed by atoms with Crippen molar-refractivity contribution in [2.24, 2.45) is 0 Å². The largest absolute Gasteiger partial charge is 0.497 e. The van der Waals surface area contributed by atoms with Gasteiger partial charge in [-0.1, -0.05) is 42.5 Å². The molecule has 1 N–H and O–H groups in total. The first kappa shape index (κ1) is 21.9. The molecule has 0 saturated carbocycles. The predicted molar refractivity (Wildman–Crippen MR) is 120 cm³/mol. The van der Waals surface area contributed by atoms with E-state index in [9.17, 15) is 9.59 Å². The van der Waals surface area contributed by atoms with Gasteiger partial charge in [0.1, 0.15) is 11.5 Å². The minimum absolute atomic E-state index is 0.226. The van der Waals surface area contributed by atoms with Crippen molar-refractivity contribution >= 4 is 28.7 Å². The lowest BCUT2D eigenvalue weighted by Gasteiger charge is -2.16. The lowest BCUT2D eigenvalue weighted by molar-refractivity contribution is -0.144. The standard InChI is InChI=1S/C25H25NO5/c1-17(21-10-6-8-18-7-4-5-9-22(18)21)26-24(27)16-31-25(28)14-12-19-11-13-20(29-2)15-23(19)30-3/h4-15,17H,16H2,1-3H3,(H,26,27)/b14-12+/t17-/m1/s1. The number of carbonyl (C=O) groups excluding carboxylic acids is 2. The molecule has 31 heavy (non-hydrogen) atoms. The number of fused-ring (bicyclic) bond motifs is 1. The Balaban J connectivity index is 1.56. The number of hydrogen-bond donors (Lipinski definition) is 1. The summed E-state index contributed by atoms with van der Waals surface area (Å²) < 4.78 is 15.5. The number of hydrogen-bond acceptors (Lipinski definition) is 5. The lowest BCUT2D eigenvalue weighted by Crippen LogP contribution is -2.31. The van der Waals surface area contributed by atoms with Gasteiger partial charge in [-0.3, -0.25) is 4.79 Å². The van der Waals surface area contributed by atoms with Gasteiger partial charge in [0.2, 0.25) is 0 Å². The third-order valence-corrected chi connectivity index (χ3v) is 4.85. The number of rotatable bonds is 8. The van der Waals surface area contributed by atoms with Gasteiger partial charge in [0.05, 0.1) is 20.3 Å². The summed E-state index contributed by atoms with van der Waals surface area (Å²) in [4.78, 5) is 24.3. The molecule has 0 aromatic heterocycles. The van der Waals surface area contributed by atoms with Crippen LogP contribution in [0.3, 0.4) is 0 Å². The van der Waals surface area contributed by atoms with Crippen molar-refractivity contribution < 1.29 is 23.8 Å². The maximum atomic E-state index is 12.3. The van der Waals surface area contributed by atoms with Gasteiger partial charge in [0, 0.05) is 17.7 Å². The number of amides is 1. The molecular formula is C25H25NO5. The van der Waals surface area contributed by atoms with Gasteiger partial charge < -0.3 is 19.5 Å². The number of ether oxygens (including phenoxy) is 3. The van der Waals surface area contributed by atoms with E-state index in [1.165, 1.54) is 13.2 Å². The number of carbonyl (C=O) groups is 2. The Morgan fingerprint density at radius 3 is 2.55 bits per heavy atom. The maximum absolute atomic E-state index is 12.3. The van der Waals surface area contributed by atoms with Gasteiger partial charge in [0.15, 0.2) is 6.61 Å². The van der Waals surface area contributed by atoms with Gasteiger partial charge in [-0.05, 0) is 41.5 Å². The average molecular weight is 419 g/mol. The van der Waals surface area contributed by atoms with Crippen LogP contribution >= 0.6 is 0 Å². The molecule has 3 aromatic carbocycles. The Labute approximate surface area is 181 Å². The zero-order chi connectivity index (χ0) is 22.2. The van der Waals surface area contributed by atoms with E-state index in [0.717, 1.165) is 16.3 Å². The lowest BCUT2D eigenvalue weighted by atomic mass is 10.00. The summed E-state index contributed by atoms with van der Waals surface area (Å²) >= 11 is 0. The van der Waals surface area contributed by atoms with Crippen molar-refractivity contribution in [2.75, 3.05) is 20.8 Å². The fraction of sp³-hybridized carbons (Fsp3) is 0.200. The third-order valence-electron chi connectivity index (χ3n) is 4.85. The molecule has 1 amide bonds. The second kappa shape index (κ2) is 10.3. The SMILES string of the molecule is COc1ccc(/C=C/C(=O)OCC(=O)N[C@H](C)c2cccc3ccccc23)c(OC)c1. The van der Waals surface area contributed by atoms with Crippen molar-refractivity contribution in [2.45, 2.75) is 13.0 Å². The molecule has 1 atom stereocenters. The molecule has 6 heteroatoms. The number of benzene rings is 3. The first-order valence-corrected chi connectivity index (χ1v) is 9.85. The molecule has 0 spiro atoms. The highest BCUT2D eigenvalue weighted by molar-refractivity contribution is 5.90. The molecular weight excluding hydrogens is 394 g/mol. The zero-order valence-corrected chi connectivity index (χ0v) is 17.8. The first-order chi connectivity index (χ1) is 15.0. The van der Waals surface area contributed by atoms with Crippen molar-refractivity contribution in [3.8, 4) is 11.5 Å². The van der Waals surface area contributed by atoms with E-state index in [2.05, 4.69) is 5.32 Å². The monoisotopic (exact) mass is 419 g/mol. The fourth-order valence-electron chi connectivity index (χ4n) is 3.29. The highest BCUT2D eigenvalue weighted by atomic mass is 16.5. The molecule has 0 radical (unpaired) electrons. The highest BCUT2D eigenvalue weighted by Gasteiger charge is 2.13. The Hall–Kier alpha value is -3.80. The summed E-state index contributed by atoms with van der Waals surface area (Å²) in [6, 6.07) is 19.0. The summed E-state index contributed by atoms with van der Waals surface area (Å²) in [6.45, 7) is 1.54. The van der Waals surface area contributed by atoms with Gasteiger partial charge >= 0.3 is 5.97 Å². The topological polar surface area (TPSA) is 73.9 Å². The summed E-state index contributed by atoms with van der Waals surface area (Å²) in [6.07, 6.45) is 2.82. The number of esters is 1. The minimum atomic E-state index is -0.620. The molecule has 0 unspecified atom stereocenters. The smallest absolute Gasteiger partial charge is 0.331 e. The van der Waals surface area contributed by atoms with E-state index in [1.54, 1.807) is 31.4 Å². The van der Waals surface area contributed by atoms with Crippen LogP contribution in [-0.4, -0.2) is 32.7 Å². The van der Waals surface area contributed by atoms with E-state index in [4.69, 9.17) is 14.2 Å². The van der Waals surface area contributed by atoms with Crippen LogP contribution in [0.25, 0.3) is 16.8 Å². The zero-order valence-electron chi connectivity index (χ0n) is 17.8. The number of methoxy groups -OCH3 is 2. The van der Waals surface area contributed by atoms with Crippen LogP contribution in [0.5, 0.6) is 11.5 Å². The highest BCUT2D eigenvalue weighted by Crippen LogP contribution is 2.26. The summed E-state index contributed by atoms with van der Waals surface area (Å²) in [5, 5.41) is 5.05. The molecule has 0 aliphatic rings. The van der Waals surface area contributed by atoms with E-state index in [0.29, 0.717) is 17.1 Å². The number of nitrogens with one attached hydrogen (secondary N) is 1. The summed E-state index contributed by atoms with van der Waals surface area (Å²) in [5.74, 6) is 0.216. The van der Waals surface area contributed by atoms with Gasteiger partial charge in [-0.2, -0.15) is 0 Å². The maximum Gasteiger partial charge on any atom is 0.331 e. The third kappa shape index (κ3) is 5.63. The summed E-state index contributed by atoms with van der Waals surface area (Å²) in [7, 11) is 3.10. The van der Waals surface area contributed by atoms with Crippen LogP contribution in [0.1, 0.15) is 24.1 Å². The fourth-order valence-corrected chi connectivity index (χ4v) is 3.29. The van der Waals surface area contributed by atoms with Crippen molar-refractivity contribution in [1.29, 1.82) is 0 Å². The van der Waals surface area contributed by atoms with E-state index >= 15 is 0 Å². The molecule has 6 nitrogen and oxygen atoms in total. The van der Waals surface area contributed by atoms with Crippen LogP contribution in [0.2, 0.25) is 0 Å². The Morgan fingerprint density at radius 2 is 1.77 bits per heavy atom. The van der Waals surface area contributed by atoms with E-state index < -0.39 is 5.97 Å². The molecule has 3 aromatic rings. The predicted octanol–water partition coefficient (Wildman–Crippen LogP) is 4.29. The minimum Gasteiger partial charge on any atom is -0.497 e. The van der Waals surface area contributed by atoms with E-state index in [-0.39, 0.29) is 18.6 Å². The van der Waals surface area contributed by atoms with Gasteiger partial charge in [0.25, 0.3) is 5.91 Å². The molecule has 3 rings (SSSR count). The molecule has 160 valence electrons.